The minimum Gasteiger partial charge on any atom is -0.444 e. The normalized spacial score (nSPS) is 15.2. The van der Waals surface area contributed by atoms with Gasteiger partial charge in [0.2, 0.25) is 0 Å². The van der Waals surface area contributed by atoms with E-state index in [-0.39, 0.29) is 27.0 Å². The zero-order chi connectivity index (χ0) is 21.6. The van der Waals surface area contributed by atoms with Gasteiger partial charge < -0.3 is 9.64 Å². The molecule has 1 amide bonds. The van der Waals surface area contributed by atoms with Crippen molar-refractivity contribution in [1.82, 2.24) is 4.90 Å². The molecule has 5 nitrogen and oxygen atoms in total. The lowest BCUT2D eigenvalue weighted by atomic mass is 9.90. The number of likely N-dealkylation sites (tertiary alicyclic amines) is 1. The van der Waals surface area contributed by atoms with Crippen LogP contribution in [0.5, 0.6) is 0 Å². The summed E-state index contributed by atoms with van der Waals surface area (Å²) in [7, 11) is -3.61. The Hall–Kier alpha value is -2.12. The second kappa shape index (κ2) is 7.61. The van der Waals surface area contributed by atoms with Crippen molar-refractivity contribution >= 4 is 27.5 Å². The molecule has 2 aromatic carbocycles. The minimum absolute atomic E-state index is 0.00728. The Bertz CT molecular complexity index is 1060. The van der Waals surface area contributed by atoms with Crippen LogP contribution in [-0.4, -0.2) is 44.4 Å². The molecule has 0 aliphatic carbocycles. The lowest BCUT2D eigenvalue weighted by molar-refractivity contribution is 0.00817. The van der Waals surface area contributed by atoms with Crippen molar-refractivity contribution in [2.24, 2.45) is 0 Å². The highest BCUT2D eigenvalue weighted by Crippen LogP contribution is 2.35. The highest BCUT2D eigenvalue weighted by molar-refractivity contribution is 7.90. The molecule has 0 spiro atoms. The zero-order valence-electron chi connectivity index (χ0n) is 16.7. The summed E-state index contributed by atoms with van der Waals surface area (Å²) in [6, 6.07) is 9.08. The Labute approximate surface area is 175 Å². The van der Waals surface area contributed by atoms with E-state index in [1.807, 2.05) is 0 Å². The maximum absolute atomic E-state index is 14.4. The smallest absolute Gasteiger partial charge is 0.410 e. The number of hydrogen-bond donors (Lipinski definition) is 0. The molecular weight excluding hydrogens is 417 g/mol. The predicted molar refractivity (Wildman–Crippen MR) is 111 cm³/mol. The van der Waals surface area contributed by atoms with Crippen molar-refractivity contribution in [2.75, 3.05) is 19.3 Å². The number of carbonyl (C=O) groups is 1. The van der Waals surface area contributed by atoms with Crippen molar-refractivity contribution < 1.29 is 22.3 Å². The van der Waals surface area contributed by atoms with E-state index in [2.05, 4.69) is 0 Å². The number of ether oxygens (including phenoxy) is 1. The van der Waals surface area contributed by atoms with Gasteiger partial charge in [-0.1, -0.05) is 23.7 Å². The molecule has 1 aliphatic heterocycles. The monoisotopic (exact) mass is 439 g/mol. The largest absolute Gasteiger partial charge is 0.444 e. The second-order valence-electron chi connectivity index (χ2n) is 8.23. The van der Waals surface area contributed by atoms with E-state index in [4.69, 9.17) is 16.3 Å². The van der Waals surface area contributed by atoms with Crippen molar-refractivity contribution in [2.45, 2.75) is 37.2 Å². The van der Waals surface area contributed by atoms with Gasteiger partial charge in [-0.15, -0.1) is 0 Å². The van der Waals surface area contributed by atoms with E-state index < -0.39 is 27.3 Å². The SMILES string of the molecule is CC(C)(C)OC(=O)N1CC(c2ccc(-c3ccc(Cl)cc3F)c(S(C)(=O)=O)c2)C1. The Morgan fingerprint density at radius 1 is 1.14 bits per heavy atom. The first kappa shape index (κ1) is 21.6. The fourth-order valence-electron chi connectivity index (χ4n) is 3.20. The molecule has 0 N–H and O–H groups in total. The van der Waals surface area contributed by atoms with Crippen LogP contribution in [0.3, 0.4) is 0 Å². The molecule has 0 radical (unpaired) electrons. The highest BCUT2D eigenvalue weighted by atomic mass is 35.5. The molecule has 0 atom stereocenters. The Morgan fingerprint density at radius 2 is 1.76 bits per heavy atom. The van der Waals surface area contributed by atoms with Crippen molar-refractivity contribution in [3.8, 4) is 11.1 Å². The molecule has 0 bridgehead atoms. The molecular formula is C21H23ClFNO4S. The number of halogens is 2. The maximum Gasteiger partial charge on any atom is 0.410 e. The van der Waals surface area contributed by atoms with Gasteiger partial charge in [-0.2, -0.15) is 0 Å². The average Bonchev–Trinajstić information content (AvgIpc) is 2.51. The number of sulfone groups is 1. The van der Waals surface area contributed by atoms with E-state index >= 15 is 0 Å². The third-order valence-corrected chi connectivity index (χ3v) is 6.00. The summed E-state index contributed by atoms with van der Waals surface area (Å²) in [5.74, 6) is -0.595. The summed E-state index contributed by atoms with van der Waals surface area (Å²) in [4.78, 5) is 13.7. The third kappa shape index (κ3) is 4.90. The van der Waals surface area contributed by atoms with Crippen LogP contribution in [0.4, 0.5) is 9.18 Å². The predicted octanol–water partition coefficient (Wildman–Crippen LogP) is 4.88. The molecule has 1 fully saturated rings. The van der Waals surface area contributed by atoms with E-state index in [0.717, 1.165) is 17.9 Å². The third-order valence-electron chi connectivity index (χ3n) is 4.63. The standard InChI is InChI=1S/C21H23ClFNO4S/c1-21(2,3)28-20(25)24-11-14(12-24)13-5-7-17(19(9-13)29(4,26)27)16-8-6-15(22)10-18(16)23/h5-10,14H,11-12H2,1-4H3. The van der Waals surface area contributed by atoms with Gasteiger partial charge in [0.1, 0.15) is 11.4 Å². The Balaban J connectivity index is 1.88. The second-order valence-corrected chi connectivity index (χ2v) is 10.7. The van der Waals surface area contributed by atoms with E-state index in [1.165, 1.54) is 12.1 Å². The van der Waals surface area contributed by atoms with Crippen molar-refractivity contribution in [3.05, 3.63) is 52.8 Å². The van der Waals surface area contributed by atoms with Crippen molar-refractivity contribution in [3.63, 3.8) is 0 Å². The van der Waals surface area contributed by atoms with Gasteiger partial charge in [0.15, 0.2) is 9.84 Å². The summed E-state index contributed by atoms with van der Waals surface area (Å²) < 4.78 is 44.5. The van der Waals surface area contributed by atoms with Crippen LogP contribution in [0.25, 0.3) is 11.1 Å². The summed E-state index contributed by atoms with van der Waals surface area (Å²) in [6.07, 6.45) is 0.703. The van der Waals surface area contributed by atoms with E-state index in [9.17, 15) is 17.6 Å². The zero-order valence-corrected chi connectivity index (χ0v) is 18.3. The Kier molecular flexibility index (Phi) is 5.66. The summed E-state index contributed by atoms with van der Waals surface area (Å²) in [5.41, 5.74) is 0.665. The maximum atomic E-state index is 14.4. The number of nitrogens with zero attached hydrogens (tertiary/aromatic N) is 1. The summed E-state index contributed by atoms with van der Waals surface area (Å²) in [5, 5.41) is 0.237. The molecule has 0 unspecified atom stereocenters. The first-order chi connectivity index (χ1) is 13.3. The number of benzene rings is 2. The summed E-state index contributed by atoms with van der Waals surface area (Å²) in [6.45, 7) is 6.28. The fraction of sp³-hybridized carbons (Fsp3) is 0.381. The number of rotatable bonds is 3. The van der Waals surface area contributed by atoms with Gasteiger partial charge in [-0.05, 0) is 50.6 Å². The molecule has 1 aliphatic rings. The fourth-order valence-corrected chi connectivity index (χ4v) is 4.28. The Morgan fingerprint density at radius 3 is 2.31 bits per heavy atom. The molecule has 3 rings (SSSR count). The minimum atomic E-state index is -3.61. The van der Waals surface area contributed by atoms with Crippen LogP contribution in [0.1, 0.15) is 32.3 Å². The van der Waals surface area contributed by atoms with Crippen molar-refractivity contribution in [1.29, 1.82) is 0 Å². The molecule has 1 heterocycles. The molecule has 0 saturated carbocycles. The van der Waals surface area contributed by atoms with E-state index in [1.54, 1.807) is 43.9 Å². The van der Waals surface area contributed by atoms with Crippen LogP contribution in [0.2, 0.25) is 5.02 Å². The molecule has 1 saturated heterocycles. The molecule has 156 valence electrons. The van der Waals surface area contributed by atoms with Gasteiger partial charge in [-0.25, -0.2) is 17.6 Å². The number of amides is 1. The molecule has 0 aromatic heterocycles. The lowest BCUT2D eigenvalue weighted by Gasteiger charge is -2.40. The summed E-state index contributed by atoms with van der Waals surface area (Å²) >= 11 is 5.81. The van der Waals surface area contributed by atoms with Crippen LogP contribution >= 0.6 is 11.6 Å². The molecule has 29 heavy (non-hydrogen) atoms. The van der Waals surface area contributed by atoms with Gasteiger partial charge in [0.05, 0.1) is 4.90 Å². The molecule has 2 aromatic rings. The highest BCUT2D eigenvalue weighted by Gasteiger charge is 2.35. The van der Waals surface area contributed by atoms with Crippen LogP contribution in [-0.2, 0) is 14.6 Å². The quantitative estimate of drug-likeness (QED) is 0.683. The van der Waals surface area contributed by atoms with E-state index in [0.29, 0.717) is 13.1 Å². The van der Waals surface area contributed by atoms with Gasteiger partial charge >= 0.3 is 6.09 Å². The number of hydrogen-bond acceptors (Lipinski definition) is 4. The first-order valence-electron chi connectivity index (χ1n) is 9.12. The molecule has 8 heteroatoms. The topological polar surface area (TPSA) is 63.7 Å². The number of carbonyl (C=O) groups excluding carboxylic acids is 1. The van der Waals surface area contributed by atoms with Gasteiger partial charge in [0, 0.05) is 41.4 Å². The van der Waals surface area contributed by atoms with Gasteiger partial charge in [-0.3, -0.25) is 0 Å². The van der Waals surface area contributed by atoms with Crippen LogP contribution < -0.4 is 0 Å². The van der Waals surface area contributed by atoms with Crippen LogP contribution in [0, 0.1) is 5.82 Å². The van der Waals surface area contributed by atoms with Gasteiger partial charge in [0.25, 0.3) is 0 Å². The van der Waals surface area contributed by atoms with Crippen LogP contribution in [0.15, 0.2) is 41.3 Å². The lowest BCUT2D eigenvalue weighted by Crippen LogP contribution is -2.50. The first-order valence-corrected chi connectivity index (χ1v) is 11.4. The average molecular weight is 440 g/mol.